The molecule has 2 heterocycles. The third-order valence-electron chi connectivity index (χ3n) is 6.15. The molecule has 2 fully saturated rings. The van der Waals surface area contributed by atoms with Crippen LogP contribution in [-0.2, 0) is 9.59 Å². The molecule has 2 unspecified atom stereocenters. The Morgan fingerprint density at radius 3 is 2.33 bits per heavy atom. The van der Waals surface area contributed by atoms with Gasteiger partial charge in [0.1, 0.15) is 5.92 Å². The summed E-state index contributed by atoms with van der Waals surface area (Å²) in [6.07, 6.45) is 0.0336. The lowest BCUT2D eigenvalue weighted by molar-refractivity contribution is -0.141. The Morgan fingerprint density at radius 1 is 1.00 bits per heavy atom. The van der Waals surface area contributed by atoms with Crippen LogP contribution in [0.15, 0.2) is 54.6 Å². The van der Waals surface area contributed by atoms with E-state index in [1.165, 1.54) is 0 Å². The second-order valence-corrected chi connectivity index (χ2v) is 8.22. The number of benzene rings is 2. The van der Waals surface area contributed by atoms with Crippen LogP contribution in [0, 0.1) is 12.8 Å². The van der Waals surface area contributed by atoms with E-state index in [-0.39, 0.29) is 11.8 Å². The second kappa shape index (κ2) is 8.98. The first kappa shape index (κ1) is 20.6. The highest BCUT2D eigenvalue weighted by atomic mass is 16.3. The summed E-state index contributed by atoms with van der Waals surface area (Å²) in [4.78, 5) is 31.6. The first-order valence-electron chi connectivity index (χ1n) is 10.6. The zero-order valence-corrected chi connectivity index (χ0v) is 17.4. The molecule has 2 aliphatic heterocycles. The first-order chi connectivity index (χ1) is 14.5. The zero-order valence-electron chi connectivity index (χ0n) is 17.4. The van der Waals surface area contributed by atoms with Gasteiger partial charge in [-0.05, 0) is 31.0 Å². The van der Waals surface area contributed by atoms with Gasteiger partial charge in [0.25, 0.3) is 0 Å². The summed E-state index contributed by atoms with van der Waals surface area (Å²) in [7, 11) is 0. The summed E-state index contributed by atoms with van der Waals surface area (Å²) in [5.74, 6) is -0.726. The Labute approximate surface area is 177 Å². The lowest BCUT2D eigenvalue weighted by atomic mass is 10.1. The van der Waals surface area contributed by atoms with E-state index in [1.807, 2.05) is 66.4 Å². The average molecular weight is 408 g/mol. The topological polar surface area (TPSA) is 64.1 Å². The van der Waals surface area contributed by atoms with Crippen LogP contribution in [-0.4, -0.2) is 66.0 Å². The fourth-order valence-corrected chi connectivity index (χ4v) is 4.29. The number of β-amino-alcohol motifs (C(OH)–C–C–N with tert-alkyl or cyclic N) is 1. The van der Waals surface area contributed by atoms with Gasteiger partial charge in [0.05, 0.1) is 6.10 Å². The Morgan fingerprint density at radius 2 is 1.67 bits per heavy atom. The summed E-state index contributed by atoms with van der Waals surface area (Å²) in [5, 5.41) is 10.4. The maximum absolute atomic E-state index is 13.0. The standard InChI is InChI=1S/C24H29N3O3/c1-18-7-9-20(10-8-18)27-12-11-21(24(27)30)23(29)26-15-13-25(14-16-26)17-22(28)19-5-3-2-4-6-19/h2-10,21-22,28H,11-17H2,1H3. The molecule has 2 aromatic rings. The Hall–Kier alpha value is -2.70. The lowest BCUT2D eigenvalue weighted by Crippen LogP contribution is -2.51. The van der Waals surface area contributed by atoms with Gasteiger partial charge in [0.15, 0.2) is 0 Å². The number of aliphatic hydroxyl groups is 1. The van der Waals surface area contributed by atoms with Crippen LogP contribution < -0.4 is 4.90 Å². The number of aryl methyl sites for hydroxylation is 1. The maximum atomic E-state index is 13.0. The SMILES string of the molecule is Cc1ccc(N2CCC(C(=O)N3CCN(CC(O)c4ccccc4)CC3)C2=O)cc1. The molecule has 0 saturated carbocycles. The molecule has 0 bridgehead atoms. The Bertz CT molecular complexity index is 876. The third-order valence-corrected chi connectivity index (χ3v) is 6.15. The molecular formula is C24H29N3O3. The molecule has 0 aliphatic carbocycles. The monoisotopic (exact) mass is 407 g/mol. The maximum Gasteiger partial charge on any atom is 0.239 e. The van der Waals surface area contributed by atoms with E-state index in [9.17, 15) is 14.7 Å². The van der Waals surface area contributed by atoms with Crippen molar-refractivity contribution in [3.63, 3.8) is 0 Å². The summed E-state index contributed by atoms with van der Waals surface area (Å²) in [6, 6.07) is 17.5. The van der Waals surface area contributed by atoms with Crippen LogP contribution in [0.2, 0.25) is 0 Å². The van der Waals surface area contributed by atoms with Gasteiger partial charge in [-0.3, -0.25) is 14.5 Å². The highest BCUT2D eigenvalue weighted by Gasteiger charge is 2.40. The van der Waals surface area contributed by atoms with Crippen LogP contribution in [0.25, 0.3) is 0 Å². The molecule has 2 atom stereocenters. The molecule has 0 aromatic heterocycles. The zero-order chi connectivity index (χ0) is 21.1. The van der Waals surface area contributed by atoms with E-state index in [2.05, 4.69) is 4.90 Å². The van der Waals surface area contributed by atoms with Crippen molar-refractivity contribution in [1.82, 2.24) is 9.80 Å². The fraction of sp³-hybridized carbons (Fsp3) is 0.417. The Balaban J connectivity index is 1.30. The van der Waals surface area contributed by atoms with Gasteiger partial charge >= 0.3 is 0 Å². The second-order valence-electron chi connectivity index (χ2n) is 8.22. The number of amides is 2. The predicted molar refractivity (Wildman–Crippen MR) is 116 cm³/mol. The molecular weight excluding hydrogens is 378 g/mol. The van der Waals surface area contributed by atoms with Crippen LogP contribution in [0.1, 0.15) is 23.7 Å². The molecule has 30 heavy (non-hydrogen) atoms. The largest absolute Gasteiger partial charge is 0.387 e. The summed E-state index contributed by atoms with van der Waals surface area (Å²) < 4.78 is 0. The molecule has 2 aliphatic rings. The van der Waals surface area contributed by atoms with Gasteiger partial charge in [-0.2, -0.15) is 0 Å². The van der Waals surface area contributed by atoms with Crippen LogP contribution >= 0.6 is 0 Å². The van der Waals surface area contributed by atoms with E-state index >= 15 is 0 Å². The molecule has 1 N–H and O–H groups in total. The van der Waals surface area contributed by atoms with Crippen LogP contribution in [0.3, 0.4) is 0 Å². The van der Waals surface area contributed by atoms with Crippen molar-refractivity contribution in [3.8, 4) is 0 Å². The van der Waals surface area contributed by atoms with E-state index in [1.54, 1.807) is 4.90 Å². The summed E-state index contributed by atoms with van der Waals surface area (Å²) in [6.45, 7) is 5.75. The number of anilines is 1. The predicted octanol–water partition coefficient (Wildman–Crippen LogP) is 2.23. The van der Waals surface area contributed by atoms with Gasteiger partial charge < -0.3 is 14.9 Å². The molecule has 2 aromatic carbocycles. The highest BCUT2D eigenvalue weighted by Crippen LogP contribution is 2.27. The van der Waals surface area contributed by atoms with Gasteiger partial charge in [-0.1, -0.05) is 48.0 Å². The van der Waals surface area contributed by atoms with E-state index in [4.69, 9.17) is 0 Å². The van der Waals surface area contributed by atoms with Crippen molar-refractivity contribution in [1.29, 1.82) is 0 Å². The number of hydrogen-bond donors (Lipinski definition) is 1. The fourth-order valence-electron chi connectivity index (χ4n) is 4.29. The number of rotatable bonds is 5. The molecule has 2 amide bonds. The number of nitrogens with zero attached hydrogens (tertiary/aromatic N) is 3. The molecule has 2 saturated heterocycles. The number of hydrogen-bond acceptors (Lipinski definition) is 4. The van der Waals surface area contributed by atoms with Gasteiger partial charge in [-0.25, -0.2) is 0 Å². The third kappa shape index (κ3) is 4.40. The minimum absolute atomic E-state index is 0.0575. The van der Waals surface area contributed by atoms with Crippen LogP contribution in [0.5, 0.6) is 0 Å². The molecule has 0 radical (unpaired) electrons. The minimum Gasteiger partial charge on any atom is -0.387 e. The van der Waals surface area contributed by atoms with Gasteiger partial charge in [0.2, 0.25) is 11.8 Å². The van der Waals surface area contributed by atoms with Crippen molar-refractivity contribution >= 4 is 17.5 Å². The lowest BCUT2D eigenvalue weighted by Gasteiger charge is -2.36. The number of carbonyl (C=O) groups excluding carboxylic acids is 2. The quantitative estimate of drug-likeness (QED) is 0.772. The highest BCUT2D eigenvalue weighted by molar-refractivity contribution is 6.09. The van der Waals surface area contributed by atoms with Crippen molar-refractivity contribution in [2.75, 3.05) is 44.2 Å². The molecule has 158 valence electrons. The Kier molecular flexibility index (Phi) is 6.16. The van der Waals surface area contributed by atoms with Crippen molar-refractivity contribution < 1.29 is 14.7 Å². The minimum atomic E-state index is -0.576. The normalized spacial score (nSPS) is 21.1. The number of aliphatic hydroxyl groups excluding tert-OH is 1. The first-order valence-corrected chi connectivity index (χ1v) is 10.6. The van der Waals surface area contributed by atoms with Gasteiger partial charge in [0, 0.05) is 45.0 Å². The molecule has 0 spiro atoms. The van der Waals surface area contributed by atoms with Crippen molar-refractivity contribution in [2.45, 2.75) is 19.4 Å². The van der Waals surface area contributed by atoms with Crippen molar-refractivity contribution in [2.24, 2.45) is 5.92 Å². The summed E-state index contributed by atoms with van der Waals surface area (Å²) in [5.41, 5.74) is 2.91. The smallest absolute Gasteiger partial charge is 0.239 e. The summed E-state index contributed by atoms with van der Waals surface area (Å²) >= 11 is 0. The average Bonchev–Trinajstić information content (AvgIpc) is 3.16. The van der Waals surface area contributed by atoms with Crippen molar-refractivity contribution in [3.05, 3.63) is 65.7 Å². The molecule has 4 rings (SSSR count). The van der Waals surface area contributed by atoms with Crippen LogP contribution in [0.4, 0.5) is 5.69 Å². The number of carbonyl (C=O) groups is 2. The van der Waals surface area contributed by atoms with E-state index in [0.29, 0.717) is 45.7 Å². The molecule has 6 heteroatoms. The van der Waals surface area contributed by atoms with E-state index in [0.717, 1.165) is 16.8 Å². The van der Waals surface area contributed by atoms with E-state index < -0.39 is 12.0 Å². The number of piperazine rings is 1. The molecule has 6 nitrogen and oxygen atoms in total. The van der Waals surface area contributed by atoms with Gasteiger partial charge in [-0.15, -0.1) is 0 Å².